The van der Waals surface area contributed by atoms with Crippen LogP contribution in [0.4, 0.5) is 13.2 Å². The number of nitrogens with zero attached hydrogens (tertiary/aromatic N) is 1. The number of fused-ring (bicyclic) bond motifs is 4. The maximum Gasteiger partial charge on any atom is 0.416 e. The Bertz CT molecular complexity index is 1290. The summed E-state index contributed by atoms with van der Waals surface area (Å²) in [7, 11) is -2.21. The molecule has 226 valence electrons. The minimum Gasteiger partial charge on any atom is -0.410 e. The number of benzene rings is 1. The Morgan fingerprint density at radius 2 is 1.66 bits per heavy atom. The van der Waals surface area contributed by atoms with E-state index in [-0.39, 0.29) is 16.6 Å². The molecule has 1 saturated heterocycles. The third-order valence-corrected chi connectivity index (χ3v) is 14.1. The second kappa shape index (κ2) is 10.1. The van der Waals surface area contributed by atoms with Gasteiger partial charge in [-0.25, -0.2) is 0 Å². The summed E-state index contributed by atoms with van der Waals surface area (Å²) in [4.78, 5) is 5.13. The molecule has 1 fully saturated rings. The molecule has 5 nitrogen and oxygen atoms in total. The summed E-state index contributed by atoms with van der Waals surface area (Å²) in [6, 6.07) is 5.20. The molecule has 1 spiro atoms. The van der Waals surface area contributed by atoms with Crippen molar-refractivity contribution >= 4 is 8.32 Å². The van der Waals surface area contributed by atoms with Crippen molar-refractivity contribution in [1.82, 2.24) is 4.98 Å². The van der Waals surface area contributed by atoms with E-state index in [4.69, 9.17) is 18.9 Å². The van der Waals surface area contributed by atoms with Crippen LogP contribution in [-0.4, -0.2) is 31.6 Å². The van der Waals surface area contributed by atoms with Crippen LogP contribution in [0.2, 0.25) is 18.1 Å². The number of hydrogen-bond donors (Lipinski definition) is 1. The van der Waals surface area contributed by atoms with E-state index in [0.717, 1.165) is 47.4 Å². The summed E-state index contributed by atoms with van der Waals surface area (Å²) in [6.07, 6.45) is -3.37. The van der Waals surface area contributed by atoms with Crippen molar-refractivity contribution < 1.29 is 32.2 Å². The van der Waals surface area contributed by atoms with Gasteiger partial charge in [-0.15, -0.1) is 0 Å². The van der Waals surface area contributed by atoms with Crippen molar-refractivity contribution in [2.24, 2.45) is 5.41 Å². The Labute approximate surface area is 242 Å². The highest BCUT2D eigenvalue weighted by atomic mass is 28.4. The van der Waals surface area contributed by atoms with Gasteiger partial charge in [0.2, 0.25) is 0 Å². The van der Waals surface area contributed by atoms with Crippen molar-refractivity contribution in [2.75, 3.05) is 13.2 Å². The van der Waals surface area contributed by atoms with Crippen molar-refractivity contribution in [2.45, 2.75) is 115 Å². The van der Waals surface area contributed by atoms with Gasteiger partial charge >= 0.3 is 6.18 Å². The topological polar surface area (TPSA) is 60.8 Å². The molecular formula is C32H44F3NO4Si. The molecule has 2 aliphatic heterocycles. The third-order valence-electron chi connectivity index (χ3n) is 9.63. The smallest absolute Gasteiger partial charge is 0.410 e. The third kappa shape index (κ3) is 5.53. The first-order valence-electron chi connectivity index (χ1n) is 14.7. The molecule has 0 bridgehead atoms. The lowest BCUT2D eigenvalue weighted by Gasteiger charge is -2.46. The number of pyridine rings is 1. The zero-order valence-corrected chi connectivity index (χ0v) is 26.5. The highest BCUT2D eigenvalue weighted by molar-refractivity contribution is 6.74. The van der Waals surface area contributed by atoms with Gasteiger partial charge in [0.15, 0.2) is 8.32 Å². The Hall–Kier alpha value is -1.78. The molecule has 9 heteroatoms. The predicted molar refractivity (Wildman–Crippen MR) is 154 cm³/mol. The molecule has 1 aromatic heterocycles. The van der Waals surface area contributed by atoms with Gasteiger partial charge < -0.3 is 19.0 Å². The number of halogens is 3. The molecule has 41 heavy (non-hydrogen) atoms. The molecule has 3 heterocycles. The molecule has 3 aliphatic rings. The minimum absolute atomic E-state index is 0.000534. The van der Waals surface area contributed by atoms with Crippen molar-refractivity contribution in [3.05, 3.63) is 63.5 Å². The standard InChI is InChI=1S/C32H44F3NO4Si/c1-19(37)27-25-26(24-22(36-27)17-30(5,6)18-23(24)40-41(7,8)29(2,3)4)31(13-15-38-16-14-31)39-28(25)20-9-11-21(12-10-20)32(33,34)35/h9-12,19,23,28,37H,13-18H2,1-8H3. The van der Waals surface area contributed by atoms with Crippen LogP contribution < -0.4 is 0 Å². The summed E-state index contributed by atoms with van der Waals surface area (Å²) in [5.74, 6) is 0. The lowest BCUT2D eigenvalue weighted by Crippen LogP contribution is -2.45. The number of ether oxygens (including phenoxy) is 2. The monoisotopic (exact) mass is 591 g/mol. The first-order chi connectivity index (χ1) is 18.9. The van der Waals surface area contributed by atoms with Crippen LogP contribution in [0.25, 0.3) is 0 Å². The van der Waals surface area contributed by atoms with Gasteiger partial charge in [-0.05, 0) is 66.6 Å². The SMILES string of the molecule is CC(O)c1nc2c(c3c1C(c1ccc(C(F)(F)F)cc1)OC31CCOCC1)C(O[Si](C)(C)C(C)(C)C)CC(C)(C)C2. The molecule has 3 unspecified atom stereocenters. The largest absolute Gasteiger partial charge is 0.416 e. The lowest BCUT2D eigenvalue weighted by molar-refractivity contribution is -0.137. The van der Waals surface area contributed by atoms with Gasteiger partial charge in [-0.3, -0.25) is 4.98 Å². The molecule has 1 N–H and O–H groups in total. The van der Waals surface area contributed by atoms with E-state index in [1.807, 2.05) is 0 Å². The summed E-state index contributed by atoms with van der Waals surface area (Å²) < 4.78 is 60.1. The van der Waals surface area contributed by atoms with E-state index < -0.39 is 37.9 Å². The predicted octanol–water partition coefficient (Wildman–Crippen LogP) is 8.31. The number of aromatic nitrogens is 1. The zero-order valence-electron chi connectivity index (χ0n) is 25.5. The molecular weight excluding hydrogens is 547 g/mol. The summed E-state index contributed by atoms with van der Waals surface area (Å²) in [6.45, 7) is 18.4. The average molecular weight is 592 g/mol. The van der Waals surface area contributed by atoms with Gasteiger partial charge in [0.05, 0.1) is 29.1 Å². The van der Waals surface area contributed by atoms with Gasteiger partial charge in [0, 0.05) is 42.9 Å². The first kappa shape index (κ1) is 30.7. The fourth-order valence-electron chi connectivity index (χ4n) is 6.50. The van der Waals surface area contributed by atoms with Gasteiger partial charge in [0.25, 0.3) is 0 Å². The zero-order chi connectivity index (χ0) is 30.2. The van der Waals surface area contributed by atoms with Crippen LogP contribution in [-0.2, 0) is 32.1 Å². The Balaban J connectivity index is 1.76. The summed E-state index contributed by atoms with van der Waals surface area (Å²) >= 11 is 0. The minimum atomic E-state index is -4.43. The van der Waals surface area contributed by atoms with Crippen LogP contribution in [0, 0.1) is 5.41 Å². The molecule has 3 atom stereocenters. The maximum absolute atomic E-state index is 13.4. The van der Waals surface area contributed by atoms with E-state index in [9.17, 15) is 18.3 Å². The average Bonchev–Trinajstić information content (AvgIpc) is 3.15. The van der Waals surface area contributed by atoms with Gasteiger partial charge in [-0.2, -0.15) is 13.2 Å². The normalized spacial score (nSPS) is 24.7. The van der Waals surface area contributed by atoms with E-state index >= 15 is 0 Å². The Morgan fingerprint density at radius 3 is 2.20 bits per heavy atom. The lowest BCUT2D eigenvalue weighted by atomic mass is 9.70. The molecule has 0 radical (unpaired) electrons. The maximum atomic E-state index is 13.4. The molecule has 2 aromatic rings. The van der Waals surface area contributed by atoms with Gasteiger partial charge in [-0.1, -0.05) is 46.8 Å². The van der Waals surface area contributed by atoms with Crippen LogP contribution in [0.1, 0.15) is 118 Å². The van der Waals surface area contributed by atoms with E-state index in [2.05, 4.69) is 47.7 Å². The first-order valence-corrected chi connectivity index (χ1v) is 17.6. The number of aliphatic hydroxyl groups is 1. The van der Waals surface area contributed by atoms with Crippen molar-refractivity contribution in [3.63, 3.8) is 0 Å². The highest BCUT2D eigenvalue weighted by Crippen LogP contribution is 2.59. The van der Waals surface area contributed by atoms with Crippen LogP contribution in [0.5, 0.6) is 0 Å². The van der Waals surface area contributed by atoms with E-state index in [0.29, 0.717) is 37.3 Å². The number of rotatable bonds is 4. The quantitative estimate of drug-likeness (QED) is 0.363. The molecule has 1 aliphatic carbocycles. The number of aliphatic hydroxyl groups excluding tert-OH is 1. The number of hydrogen-bond acceptors (Lipinski definition) is 5. The molecule has 5 rings (SSSR count). The number of alkyl halides is 3. The van der Waals surface area contributed by atoms with Crippen LogP contribution in [0.3, 0.4) is 0 Å². The second-order valence-corrected chi connectivity index (χ2v) is 19.2. The fraction of sp³-hybridized carbons (Fsp3) is 0.656. The summed E-state index contributed by atoms with van der Waals surface area (Å²) in [5, 5.41) is 11.1. The summed E-state index contributed by atoms with van der Waals surface area (Å²) in [5.41, 5.74) is 3.48. The highest BCUT2D eigenvalue weighted by Gasteiger charge is 2.54. The Morgan fingerprint density at radius 1 is 1.05 bits per heavy atom. The van der Waals surface area contributed by atoms with E-state index in [1.54, 1.807) is 6.92 Å². The Kier molecular flexibility index (Phi) is 7.59. The molecule has 1 aromatic carbocycles. The molecule has 0 amide bonds. The fourth-order valence-corrected chi connectivity index (χ4v) is 7.76. The van der Waals surface area contributed by atoms with Crippen molar-refractivity contribution in [3.8, 4) is 0 Å². The second-order valence-electron chi connectivity index (χ2n) is 14.5. The van der Waals surface area contributed by atoms with E-state index in [1.165, 1.54) is 12.1 Å². The van der Waals surface area contributed by atoms with Crippen molar-refractivity contribution in [1.29, 1.82) is 0 Å². The van der Waals surface area contributed by atoms with Crippen LogP contribution >= 0.6 is 0 Å². The molecule has 0 saturated carbocycles. The van der Waals surface area contributed by atoms with Crippen LogP contribution in [0.15, 0.2) is 24.3 Å². The van der Waals surface area contributed by atoms with Gasteiger partial charge in [0.1, 0.15) is 6.10 Å².